The maximum Gasteiger partial charge on any atom is 0.335 e. The normalized spacial score (nSPS) is 17.4. The van der Waals surface area contributed by atoms with Gasteiger partial charge in [0.2, 0.25) is 5.88 Å². The maximum atomic E-state index is 11.2. The zero-order valence-corrected chi connectivity index (χ0v) is 17.1. The van der Waals surface area contributed by atoms with Crippen LogP contribution in [0, 0.1) is 5.92 Å². The third-order valence-corrected chi connectivity index (χ3v) is 5.67. The Bertz CT molecular complexity index is 1300. The molecular weight excluding hydrogens is 406 g/mol. The van der Waals surface area contributed by atoms with Crippen LogP contribution < -0.4 is 9.47 Å². The number of carboxylic acids is 1. The molecule has 0 fully saturated rings. The van der Waals surface area contributed by atoms with Crippen LogP contribution in [0.5, 0.6) is 17.4 Å². The van der Waals surface area contributed by atoms with Crippen molar-refractivity contribution in [1.82, 2.24) is 4.98 Å². The summed E-state index contributed by atoms with van der Waals surface area (Å²) in [6.07, 6.45) is -0.265. The van der Waals surface area contributed by atoms with Crippen LogP contribution in [0.1, 0.15) is 27.6 Å². The van der Waals surface area contributed by atoms with E-state index in [1.807, 2.05) is 42.5 Å². The average molecular weight is 427 g/mol. The molecule has 2 heterocycles. The number of carboxylic acid groups (broad SMARTS) is 1. The van der Waals surface area contributed by atoms with Gasteiger partial charge in [-0.2, -0.15) is 0 Å². The van der Waals surface area contributed by atoms with Crippen molar-refractivity contribution in [3.05, 3.63) is 95.6 Å². The summed E-state index contributed by atoms with van der Waals surface area (Å²) in [6.45, 7) is 0.345. The van der Waals surface area contributed by atoms with E-state index in [2.05, 4.69) is 4.98 Å². The molecule has 0 radical (unpaired) electrons. The smallest absolute Gasteiger partial charge is 0.335 e. The molecule has 1 aromatic heterocycles. The van der Waals surface area contributed by atoms with Gasteiger partial charge in [-0.05, 0) is 54.4 Å². The van der Waals surface area contributed by atoms with E-state index in [4.69, 9.17) is 9.47 Å². The van der Waals surface area contributed by atoms with Crippen LogP contribution in [-0.2, 0) is 6.42 Å². The van der Waals surface area contributed by atoms with Crippen LogP contribution in [0.3, 0.4) is 0 Å². The number of aliphatic hydroxyl groups excluding tert-OH is 1. The first-order valence-electron chi connectivity index (χ1n) is 10.4. The number of benzene rings is 3. The summed E-state index contributed by atoms with van der Waals surface area (Å²) < 4.78 is 11.8. The molecule has 3 aromatic carbocycles. The van der Waals surface area contributed by atoms with Crippen LogP contribution >= 0.6 is 0 Å². The zero-order valence-electron chi connectivity index (χ0n) is 17.1. The van der Waals surface area contributed by atoms with Crippen LogP contribution in [0.15, 0.2) is 78.9 Å². The molecule has 0 amide bonds. The molecule has 160 valence electrons. The number of ether oxygens (including phenoxy) is 2. The Kier molecular flexibility index (Phi) is 5.21. The largest absolute Gasteiger partial charge is 0.493 e. The van der Waals surface area contributed by atoms with Gasteiger partial charge in [-0.3, -0.25) is 0 Å². The van der Waals surface area contributed by atoms with Gasteiger partial charge >= 0.3 is 5.97 Å². The third kappa shape index (κ3) is 4.00. The minimum Gasteiger partial charge on any atom is -0.493 e. The number of hydrogen-bond donors (Lipinski definition) is 2. The van der Waals surface area contributed by atoms with E-state index in [1.54, 1.807) is 36.4 Å². The molecule has 2 atom stereocenters. The van der Waals surface area contributed by atoms with Crippen molar-refractivity contribution in [2.45, 2.75) is 12.5 Å². The molecule has 5 rings (SSSR count). The lowest BCUT2D eigenvalue weighted by Crippen LogP contribution is -2.27. The number of nitrogens with zero attached hydrogens (tertiary/aromatic N) is 1. The molecule has 0 bridgehead atoms. The number of para-hydroxylation sites is 1. The number of aromatic carboxylic acids is 1. The van der Waals surface area contributed by atoms with Gasteiger partial charge in [0.1, 0.15) is 11.5 Å². The summed E-state index contributed by atoms with van der Waals surface area (Å²) in [4.78, 5) is 15.8. The Morgan fingerprint density at radius 3 is 2.78 bits per heavy atom. The molecule has 2 N–H and O–H groups in total. The number of hydrogen-bond acceptors (Lipinski definition) is 5. The predicted molar refractivity (Wildman–Crippen MR) is 119 cm³/mol. The standard InChI is InChI=1S/C26H21NO5/c28-25-19(13-16-4-3-6-18(12-16)26(29)30)15-31-23-10-9-20(14-21(23)25)32-24-11-8-17-5-1-2-7-22(17)27-24/h1-12,14,19,25,28H,13,15H2,(H,29,30)/t19-,25-/m1/s1. The monoisotopic (exact) mass is 427 g/mol. The van der Waals surface area contributed by atoms with Gasteiger partial charge in [-0.1, -0.05) is 30.3 Å². The van der Waals surface area contributed by atoms with Gasteiger partial charge in [0.05, 0.1) is 23.8 Å². The quantitative estimate of drug-likeness (QED) is 0.465. The van der Waals surface area contributed by atoms with Crippen LogP contribution in [-0.4, -0.2) is 27.8 Å². The lowest BCUT2D eigenvalue weighted by Gasteiger charge is -2.30. The van der Waals surface area contributed by atoms with Crippen LogP contribution in [0.4, 0.5) is 0 Å². The van der Waals surface area contributed by atoms with Crippen molar-refractivity contribution in [2.75, 3.05) is 6.61 Å². The first-order chi connectivity index (χ1) is 15.6. The molecule has 0 saturated carbocycles. The number of fused-ring (bicyclic) bond motifs is 2. The number of aliphatic hydroxyl groups is 1. The summed E-state index contributed by atoms with van der Waals surface area (Å²) in [7, 11) is 0. The van der Waals surface area contributed by atoms with Gasteiger partial charge in [0.15, 0.2) is 0 Å². The fraction of sp³-hybridized carbons (Fsp3) is 0.154. The molecule has 0 saturated heterocycles. The van der Waals surface area contributed by atoms with Crippen molar-refractivity contribution < 1.29 is 24.5 Å². The number of rotatable bonds is 5. The molecule has 32 heavy (non-hydrogen) atoms. The second-order valence-corrected chi connectivity index (χ2v) is 7.87. The molecule has 1 aliphatic heterocycles. The summed E-state index contributed by atoms with van der Waals surface area (Å²) in [5, 5.41) is 21.3. The lowest BCUT2D eigenvalue weighted by atomic mass is 9.88. The second-order valence-electron chi connectivity index (χ2n) is 7.87. The van der Waals surface area contributed by atoms with Crippen LogP contribution in [0.2, 0.25) is 0 Å². The van der Waals surface area contributed by atoms with Crippen molar-refractivity contribution in [3.8, 4) is 17.4 Å². The fourth-order valence-corrected chi connectivity index (χ4v) is 4.02. The van der Waals surface area contributed by atoms with Gasteiger partial charge < -0.3 is 19.7 Å². The van der Waals surface area contributed by atoms with Gasteiger partial charge in [0, 0.05) is 22.9 Å². The first-order valence-corrected chi connectivity index (χ1v) is 10.4. The Morgan fingerprint density at radius 2 is 1.91 bits per heavy atom. The van der Waals surface area contributed by atoms with E-state index >= 15 is 0 Å². The van der Waals surface area contributed by atoms with Crippen LogP contribution in [0.25, 0.3) is 10.9 Å². The molecule has 4 aromatic rings. The zero-order chi connectivity index (χ0) is 22.1. The van der Waals surface area contributed by atoms with Crippen molar-refractivity contribution in [2.24, 2.45) is 5.92 Å². The minimum atomic E-state index is -0.971. The van der Waals surface area contributed by atoms with E-state index in [1.165, 1.54) is 0 Å². The van der Waals surface area contributed by atoms with E-state index in [0.717, 1.165) is 16.5 Å². The first kappa shape index (κ1) is 20.0. The molecule has 0 aliphatic carbocycles. The predicted octanol–water partition coefficient (Wildman–Crippen LogP) is 5.01. The molecular formula is C26H21NO5. The summed E-state index contributed by atoms with van der Waals surface area (Å²) in [6, 6.07) is 23.7. The number of pyridine rings is 1. The summed E-state index contributed by atoms with van der Waals surface area (Å²) >= 11 is 0. The topological polar surface area (TPSA) is 88.9 Å². The average Bonchev–Trinajstić information content (AvgIpc) is 2.81. The Labute approximate surface area is 184 Å². The highest BCUT2D eigenvalue weighted by Gasteiger charge is 2.30. The maximum absolute atomic E-state index is 11.2. The Hall–Kier alpha value is -3.90. The number of carbonyl (C=O) groups is 1. The number of aromatic nitrogens is 1. The van der Waals surface area contributed by atoms with Gasteiger partial charge in [-0.25, -0.2) is 9.78 Å². The Balaban J connectivity index is 1.36. The van der Waals surface area contributed by atoms with E-state index in [0.29, 0.717) is 36.0 Å². The third-order valence-electron chi connectivity index (χ3n) is 5.67. The SMILES string of the molecule is O=C(O)c1cccc(C[C@@H]2COc3ccc(Oc4ccc5ccccc5n4)cc3[C@@H]2O)c1. The van der Waals surface area contributed by atoms with Crippen molar-refractivity contribution in [3.63, 3.8) is 0 Å². The van der Waals surface area contributed by atoms with Gasteiger partial charge in [0.25, 0.3) is 0 Å². The highest BCUT2D eigenvalue weighted by atomic mass is 16.5. The van der Waals surface area contributed by atoms with E-state index in [-0.39, 0.29) is 11.5 Å². The molecule has 0 unspecified atom stereocenters. The summed E-state index contributed by atoms with van der Waals surface area (Å²) in [5.41, 5.74) is 2.56. The highest BCUT2D eigenvalue weighted by Crippen LogP contribution is 2.39. The van der Waals surface area contributed by atoms with Crippen molar-refractivity contribution >= 4 is 16.9 Å². The molecule has 6 heteroatoms. The molecule has 0 spiro atoms. The Morgan fingerprint density at radius 1 is 1.03 bits per heavy atom. The van der Waals surface area contributed by atoms with Gasteiger partial charge in [-0.15, -0.1) is 0 Å². The van der Waals surface area contributed by atoms with E-state index in [9.17, 15) is 15.0 Å². The van der Waals surface area contributed by atoms with Crippen molar-refractivity contribution in [1.29, 1.82) is 0 Å². The van der Waals surface area contributed by atoms with E-state index < -0.39 is 12.1 Å². The molecule has 1 aliphatic rings. The molecule has 6 nitrogen and oxygen atoms in total. The minimum absolute atomic E-state index is 0.208. The second kappa shape index (κ2) is 8.32. The lowest BCUT2D eigenvalue weighted by molar-refractivity contribution is 0.0506. The summed E-state index contributed by atoms with van der Waals surface area (Å²) in [5.74, 6) is 0.466. The fourth-order valence-electron chi connectivity index (χ4n) is 4.02. The highest BCUT2D eigenvalue weighted by molar-refractivity contribution is 5.87.